The minimum atomic E-state index is -4.50. The lowest BCUT2D eigenvalue weighted by molar-refractivity contribution is -0.137. The van der Waals surface area contributed by atoms with E-state index in [-0.39, 0.29) is 29.4 Å². The Balaban J connectivity index is 1.61. The zero-order valence-electron chi connectivity index (χ0n) is 13.5. The number of anilines is 1. The van der Waals surface area contributed by atoms with E-state index in [2.05, 4.69) is 10.1 Å². The number of alkyl halides is 3. The molecule has 1 aliphatic heterocycles. The average Bonchev–Trinajstić information content (AvgIpc) is 3.21. The van der Waals surface area contributed by atoms with Crippen LogP contribution in [0.25, 0.3) is 11.5 Å². The minimum absolute atomic E-state index is 0.0697. The lowest BCUT2D eigenvalue weighted by Crippen LogP contribution is -2.29. The van der Waals surface area contributed by atoms with Crippen molar-refractivity contribution in [2.24, 2.45) is 0 Å². The summed E-state index contributed by atoms with van der Waals surface area (Å²) >= 11 is 0. The second-order valence-electron chi connectivity index (χ2n) is 5.83. The number of ketones is 1. The molecule has 4 rings (SSSR count). The zero-order valence-corrected chi connectivity index (χ0v) is 13.5. The molecule has 3 aromatic rings. The lowest BCUT2D eigenvalue weighted by Gasteiger charge is -2.13. The molecule has 136 valence electrons. The maximum atomic E-state index is 12.8. The smallest absolute Gasteiger partial charge is 0.334 e. The molecule has 1 aliphatic rings. The Morgan fingerprint density at radius 2 is 1.81 bits per heavy atom. The van der Waals surface area contributed by atoms with Gasteiger partial charge in [-0.2, -0.15) is 18.2 Å². The van der Waals surface area contributed by atoms with Crippen molar-refractivity contribution in [3.05, 3.63) is 65.5 Å². The Morgan fingerprint density at radius 1 is 1.04 bits per heavy atom. The molecule has 2 heterocycles. The summed E-state index contributed by atoms with van der Waals surface area (Å²) in [5, 5.41) is 3.71. The highest BCUT2D eigenvalue weighted by molar-refractivity contribution is 6.52. The molecular formula is C18H10F3N3O3. The maximum Gasteiger partial charge on any atom is 0.416 e. The summed E-state index contributed by atoms with van der Waals surface area (Å²) in [5.74, 6) is -1.39. The van der Waals surface area contributed by atoms with Crippen molar-refractivity contribution in [1.29, 1.82) is 0 Å². The Morgan fingerprint density at radius 3 is 2.59 bits per heavy atom. The maximum absolute atomic E-state index is 12.8. The van der Waals surface area contributed by atoms with Gasteiger partial charge in [0.05, 0.1) is 23.4 Å². The molecule has 2 aromatic carbocycles. The zero-order chi connectivity index (χ0) is 19.2. The second-order valence-corrected chi connectivity index (χ2v) is 5.83. The number of rotatable bonds is 3. The van der Waals surface area contributed by atoms with Crippen LogP contribution in [0.4, 0.5) is 18.9 Å². The first-order valence-electron chi connectivity index (χ1n) is 7.80. The van der Waals surface area contributed by atoms with E-state index in [4.69, 9.17) is 4.52 Å². The van der Waals surface area contributed by atoms with Gasteiger partial charge in [-0.25, -0.2) is 0 Å². The van der Waals surface area contributed by atoms with Crippen LogP contribution in [0.15, 0.2) is 53.1 Å². The van der Waals surface area contributed by atoms with Gasteiger partial charge in [0.2, 0.25) is 0 Å². The van der Waals surface area contributed by atoms with Gasteiger partial charge in [0.1, 0.15) is 0 Å². The first kappa shape index (κ1) is 17.0. The summed E-state index contributed by atoms with van der Waals surface area (Å²) in [6, 6.07) is 11.0. The van der Waals surface area contributed by atoms with Crippen LogP contribution in [0, 0.1) is 0 Å². The Hall–Kier alpha value is -3.49. The number of fused-ring (bicyclic) bond motifs is 1. The number of para-hydroxylation sites is 1. The number of carbonyl (C=O) groups is 2. The number of nitrogens with zero attached hydrogens (tertiary/aromatic N) is 3. The molecule has 0 N–H and O–H groups in total. The third kappa shape index (κ3) is 2.97. The number of hydrogen-bond donors (Lipinski definition) is 0. The number of benzene rings is 2. The average molecular weight is 373 g/mol. The van der Waals surface area contributed by atoms with Gasteiger partial charge in [0.25, 0.3) is 17.6 Å². The topological polar surface area (TPSA) is 76.3 Å². The van der Waals surface area contributed by atoms with Crippen LogP contribution in [-0.4, -0.2) is 21.8 Å². The molecular weight excluding hydrogens is 363 g/mol. The van der Waals surface area contributed by atoms with Gasteiger partial charge in [0.15, 0.2) is 5.82 Å². The molecule has 0 saturated heterocycles. The number of halogens is 3. The van der Waals surface area contributed by atoms with E-state index in [1.54, 1.807) is 24.3 Å². The fraction of sp³-hybridized carbons (Fsp3) is 0.111. The summed E-state index contributed by atoms with van der Waals surface area (Å²) in [5.41, 5.74) is -0.0242. The molecule has 1 aromatic heterocycles. The van der Waals surface area contributed by atoms with E-state index in [1.807, 2.05) is 0 Å². The number of hydrogen-bond acceptors (Lipinski definition) is 5. The van der Waals surface area contributed by atoms with Crippen LogP contribution < -0.4 is 4.90 Å². The molecule has 0 spiro atoms. The van der Waals surface area contributed by atoms with Gasteiger partial charge in [-0.05, 0) is 30.3 Å². The molecule has 9 heteroatoms. The number of aromatic nitrogens is 2. The Labute approximate surface area is 150 Å². The van der Waals surface area contributed by atoms with Crippen molar-refractivity contribution in [3.63, 3.8) is 0 Å². The first-order chi connectivity index (χ1) is 12.8. The number of Topliss-reactive ketones (excluding diaryl/α,β-unsaturated/α-hetero) is 1. The molecule has 6 nitrogen and oxygen atoms in total. The molecule has 0 aliphatic carbocycles. The molecule has 0 radical (unpaired) electrons. The monoisotopic (exact) mass is 373 g/mol. The predicted molar refractivity (Wildman–Crippen MR) is 86.7 cm³/mol. The fourth-order valence-corrected chi connectivity index (χ4v) is 2.81. The van der Waals surface area contributed by atoms with Crippen LogP contribution in [0.5, 0.6) is 0 Å². The summed E-state index contributed by atoms with van der Waals surface area (Å²) in [6.45, 7) is -0.135. The van der Waals surface area contributed by atoms with Gasteiger partial charge in [-0.3, -0.25) is 14.5 Å². The molecule has 0 saturated carbocycles. The van der Waals surface area contributed by atoms with Gasteiger partial charge in [-0.15, -0.1) is 0 Å². The molecule has 27 heavy (non-hydrogen) atoms. The third-order valence-corrected chi connectivity index (χ3v) is 4.08. The summed E-state index contributed by atoms with van der Waals surface area (Å²) in [7, 11) is 0. The number of amides is 1. The van der Waals surface area contributed by atoms with Crippen LogP contribution in [0.1, 0.15) is 21.7 Å². The van der Waals surface area contributed by atoms with Crippen LogP contribution in [-0.2, 0) is 17.5 Å². The molecule has 0 atom stereocenters. The molecule has 0 bridgehead atoms. The van der Waals surface area contributed by atoms with Crippen LogP contribution in [0.3, 0.4) is 0 Å². The van der Waals surface area contributed by atoms with Crippen molar-refractivity contribution in [3.8, 4) is 11.5 Å². The minimum Gasteiger partial charge on any atom is -0.334 e. The highest BCUT2D eigenvalue weighted by Crippen LogP contribution is 2.32. The van der Waals surface area contributed by atoms with E-state index in [0.717, 1.165) is 12.1 Å². The summed E-state index contributed by atoms with van der Waals surface area (Å²) in [4.78, 5) is 29.4. The van der Waals surface area contributed by atoms with Crippen molar-refractivity contribution >= 4 is 17.4 Å². The first-order valence-corrected chi connectivity index (χ1v) is 7.80. The molecule has 0 unspecified atom stereocenters. The highest BCUT2D eigenvalue weighted by Gasteiger charge is 2.36. The van der Waals surface area contributed by atoms with E-state index in [9.17, 15) is 22.8 Å². The second kappa shape index (κ2) is 6.04. The largest absolute Gasteiger partial charge is 0.416 e. The van der Waals surface area contributed by atoms with Gasteiger partial charge in [0, 0.05) is 5.56 Å². The van der Waals surface area contributed by atoms with E-state index < -0.39 is 23.4 Å². The summed E-state index contributed by atoms with van der Waals surface area (Å²) in [6.07, 6.45) is -4.50. The lowest BCUT2D eigenvalue weighted by atomic mass is 10.1. The Bertz CT molecular complexity index is 1060. The van der Waals surface area contributed by atoms with E-state index in [1.165, 1.54) is 17.0 Å². The predicted octanol–water partition coefficient (Wildman–Crippen LogP) is 3.48. The van der Waals surface area contributed by atoms with Crippen molar-refractivity contribution in [1.82, 2.24) is 10.1 Å². The fourth-order valence-electron chi connectivity index (χ4n) is 2.81. The number of carbonyl (C=O) groups excluding carboxylic acids is 2. The molecule has 1 amide bonds. The van der Waals surface area contributed by atoms with Crippen LogP contribution in [0.2, 0.25) is 0 Å². The van der Waals surface area contributed by atoms with Crippen LogP contribution >= 0.6 is 0 Å². The Kier molecular flexibility index (Phi) is 3.79. The van der Waals surface area contributed by atoms with Crippen molar-refractivity contribution in [2.45, 2.75) is 12.7 Å². The third-order valence-electron chi connectivity index (χ3n) is 4.08. The van der Waals surface area contributed by atoms with Crippen molar-refractivity contribution in [2.75, 3.05) is 4.90 Å². The van der Waals surface area contributed by atoms with E-state index in [0.29, 0.717) is 5.69 Å². The SMILES string of the molecule is O=C1C(=O)N(Cc2noc(-c3cccc(C(F)(F)F)c3)n2)c2ccccc21. The normalized spacial score (nSPS) is 14.0. The molecule has 0 fully saturated rings. The summed E-state index contributed by atoms with van der Waals surface area (Å²) < 4.78 is 43.5. The van der Waals surface area contributed by atoms with Gasteiger partial charge < -0.3 is 4.52 Å². The van der Waals surface area contributed by atoms with Crippen molar-refractivity contribution < 1.29 is 27.3 Å². The standard InChI is InChI=1S/C18H10F3N3O3/c19-18(20,21)11-5-3-4-10(8-11)16-22-14(23-27-16)9-24-13-7-2-1-6-12(13)15(25)17(24)26/h1-8H,9H2. The van der Waals surface area contributed by atoms with Gasteiger partial charge in [-0.1, -0.05) is 23.4 Å². The quantitative estimate of drug-likeness (QED) is 0.657. The van der Waals surface area contributed by atoms with Gasteiger partial charge >= 0.3 is 6.18 Å². The highest BCUT2D eigenvalue weighted by atomic mass is 19.4. The van der Waals surface area contributed by atoms with E-state index >= 15 is 0 Å².